The number of benzene rings is 1. The van der Waals surface area contributed by atoms with E-state index >= 15 is 0 Å². The molecule has 0 heterocycles. The van der Waals surface area contributed by atoms with E-state index in [1.165, 1.54) is 25.7 Å². The van der Waals surface area contributed by atoms with E-state index in [0.717, 1.165) is 19.3 Å². The van der Waals surface area contributed by atoms with Crippen LogP contribution >= 0.6 is 0 Å². The summed E-state index contributed by atoms with van der Waals surface area (Å²) in [5.74, 6) is -0.513. The average molecular weight is 347 g/mol. The third kappa shape index (κ3) is 8.19. The van der Waals surface area contributed by atoms with Crippen molar-refractivity contribution in [2.45, 2.75) is 72.6 Å². The van der Waals surface area contributed by atoms with Crippen molar-refractivity contribution in [2.75, 3.05) is 0 Å². The van der Waals surface area contributed by atoms with Crippen LogP contribution in [0.3, 0.4) is 0 Å². The topological polar surface area (TPSA) is 58.2 Å². The first kappa shape index (κ1) is 21.2. The summed E-state index contributed by atoms with van der Waals surface area (Å²) in [7, 11) is 0. The number of amides is 2. The van der Waals surface area contributed by atoms with E-state index < -0.39 is 0 Å². The van der Waals surface area contributed by atoms with Crippen LogP contribution in [0.2, 0.25) is 0 Å². The Morgan fingerprint density at radius 1 is 0.920 bits per heavy atom. The Hall–Kier alpha value is -1.84. The van der Waals surface area contributed by atoms with Crippen molar-refractivity contribution in [3.05, 3.63) is 35.9 Å². The number of nitrogens with one attached hydrogen (secondary N) is 2. The summed E-state index contributed by atoms with van der Waals surface area (Å²) < 4.78 is 0. The van der Waals surface area contributed by atoms with Crippen LogP contribution in [0.15, 0.2) is 30.3 Å². The van der Waals surface area contributed by atoms with Crippen molar-refractivity contribution >= 4 is 11.8 Å². The number of hydrogen-bond donors (Lipinski definition) is 2. The summed E-state index contributed by atoms with van der Waals surface area (Å²) in [6, 6.07) is 8.89. The number of carbonyl (C=O) groups is 2. The molecule has 1 aromatic rings. The van der Waals surface area contributed by atoms with E-state index in [2.05, 4.69) is 38.5 Å². The number of rotatable bonds is 9. The number of unbranched alkanes of at least 4 members (excludes halogenated alkanes) is 5. The van der Waals surface area contributed by atoms with Crippen molar-refractivity contribution < 1.29 is 9.59 Å². The van der Waals surface area contributed by atoms with Gasteiger partial charge in [-0.25, -0.2) is 0 Å². The van der Waals surface area contributed by atoms with Gasteiger partial charge in [0.25, 0.3) is 5.91 Å². The quantitative estimate of drug-likeness (QED) is 0.495. The molecule has 1 rings (SSSR count). The van der Waals surface area contributed by atoms with Crippen molar-refractivity contribution in [1.82, 2.24) is 10.9 Å². The van der Waals surface area contributed by atoms with Gasteiger partial charge in [0.2, 0.25) is 5.91 Å². The molecule has 0 saturated carbocycles. The zero-order valence-corrected chi connectivity index (χ0v) is 16.2. The second-order valence-electron chi connectivity index (χ2n) is 7.78. The Morgan fingerprint density at radius 2 is 1.52 bits per heavy atom. The first-order chi connectivity index (χ1) is 11.9. The third-order valence-electron chi connectivity index (χ3n) is 4.54. The molecule has 1 unspecified atom stereocenters. The zero-order chi connectivity index (χ0) is 18.7. The first-order valence-corrected chi connectivity index (χ1v) is 9.51. The fourth-order valence-corrected chi connectivity index (χ4v) is 2.95. The minimum atomic E-state index is -0.291. The largest absolute Gasteiger partial charge is 0.273 e. The molecule has 0 spiro atoms. The number of hydrogen-bond acceptors (Lipinski definition) is 2. The summed E-state index contributed by atoms with van der Waals surface area (Å²) in [4.78, 5) is 24.6. The predicted octanol–water partition coefficient (Wildman–Crippen LogP) is 4.86. The molecule has 25 heavy (non-hydrogen) atoms. The molecule has 4 nitrogen and oxygen atoms in total. The lowest BCUT2D eigenvalue weighted by Gasteiger charge is -2.29. The van der Waals surface area contributed by atoms with Gasteiger partial charge >= 0.3 is 0 Å². The molecule has 2 amide bonds. The maximum Gasteiger partial charge on any atom is 0.269 e. The van der Waals surface area contributed by atoms with E-state index in [4.69, 9.17) is 0 Å². The molecule has 1 aromatic carbocycles. The molecule has 0 aliphatic rings. The Kier molecular flexibility index (Phi) is 9.25. The fraction of sp³-hybridized carbons (Fsp3) is 0.619. The van der Waals surface area contributed by atoms with Gasteiger partial charge in [0, 0.05) is 11.5 Å². The van der Waals surface area contributed by atoms with Gasteiger partial charge < -0.3 is 0 Å². The Bertz CT molecular complexity index is 520. The molecular weight excluding hydrogens is 312 g/mol. The summed E-state index contributed by atoms with van der Waals surface area (Å²) in [5, 5.41) is 0. The summed E-state index contributed by atoms with van der Waals surface area (Å²) in [6.07, 6.45) is 8.10. The second kappa shape index (κ2) is 10.9. The van der Waals surface area contributed by atoms with E-state index in [1.54, 1.807) is 24.3 Å². The van der Waals surface area contributed by atoms with Crippen LogP contribution in [-0.2, 0) is 4.79 Å². The maximum atomic E-state index is 12.6. The molecule has 0 bridgehead atoms. The van der Waals surface area contributed by atoms with Gasteiger partial charge in [0.05, 0.1) is 0 Å². The lowest BCUT2D eigenvalue weighted by molar-refractivity contribution is -0.129. The van der Waals surface area contributed by atoms with Crippen LogP contribution in [0.5, 0.6) is 0 Å². The third-order valence-corrected chi connectivity index (χ3v) is 4.54. The van der Waals surface area contributed by atoms with Gasteiger partial charge in [0.1, 0.15) is 0 Å². The minimum absolute atomic E-state index is 0.106. The first-order valence-electron chi connectivity index (χ1n) is 9.51. The van der Waals surface area contributed by atoms with Crippen LogP contribution in [0.4, 0.5) is 0 Å². The van der Waals surface area contributed by atoms with Crippen molar-refractivity contribution in [2.24, 2.45) is 11.3 Å². The van der Waals surface area contributed by atoms with E-state index in [9.17, 15) is 9.59 Å². The van der Waals surface area contributed by atoms with Gasteiger partial charge in [-0.1, -0.05) is 84.4 Å². The normalized spacial score (nSPS) is 12.5. The standard InChI is InChI=1S/C21H34N2O2/c1-5-6-7-8-9-13-16-18(21(2,3)4)20(25)23-22-19(24)17-14-11-10-12-15-17/h10-12,14-15,18H,5-9,13,16H2,1-4H3,(H,22,24)(H,23,25). The summed E-state index contributed by atoms with van der Waals surface area (Å²) in [6.45, 7) is 8.44. The predicted molar refractivity (Wildman–Crippen MR) is 103 cm³/mol. The molecule has 0 aliphatic carbocycles. The van der Waals surface area contributed by atoms with Crippen LogP contribution in [0, 0.1) is 11.3 Å². The van der Waals surface area contributed by atoms with Crippen molar-refractivity contribution in [3.8, 4) is 0 Å². The van der Waals surface area contributed by atoms with Crippen LogP contribution in [0.1, 0.15) is 83.0 Å². The van der Waals surface area contributed by atoms with E-state index in [0.29, 0.717) is 5.56 Å². The van der Waals surface area contributed by atoms with E-state index in [-0.39, 0.29) is 23.1 Å². The zero-order valence-electron chi connectivity index (χ0n) is 16.2. The van der Waals surface area contributed by atoms with Crippen LogP contribution < -0.4 is 10.9 Å². The molecule has 0 saturated heterocycles. The Morgan fingerprint density at radius 3 is 2.12 bits per heavy atom. The van der Waals surface area contributed by atoms with Gasteiger partial charge in [-0.2, -0.15) is 0 Å². The summed E-state index contributed by atoms with van der Waals surface area (Å²) in [5.41, 5.74) is 5.54. The minimum Gasteiger partial charge on any atom is -0.273 e. The highest BCUT2D eigenvalue weighted by molar-refractivity contribution is 5.95. The molecule has 1 atom stereocenters. The van der Waals surface area contributed by atoms with Crippen molar-refractivity contribution in [1.29, 1.82) is 0 Å². The highest BCUT2D eigenvalue weighted by Crippen LogP contribution is 2.30. The maximum absolute atomic E-state index is 12.6. The number of carbonyl (C=O) groups excluding carboxylic acids is 2. The molecule has 0 aliphatic heterocycles. The lowest BCUT2D eigenvalue weighted by atomic mass is 9.77. The highest BCUT2D eigenvalue weighted by Gasteiger charge is 2.30. The van der Waals surface area contributed by atoms with Gasteiger partial charge in [0.15, 0.2) is 0 Å². The average Bonchev–Trinajstić information content (AvgIpc) is 2.58. The molecular formula is C21H34N2O2. The highest BCUT2D eigenvalue weighted by atomic mass is 16.2. The van der Waals surface area contributed by atoms with Gasteiger partial charge in [-0.05, 0) is 24.0 Å². The van der Waals surface area contributed by atoms with Gasteiger partial charge in [-0.15, -0.1) is 0 Å². The Labute approximate surface area is 152 Å². The molecule has 2 N–H and O–H groups in total. The molecule has 0 aromatic heterocycles. The lowest BCUT2D eigenvalue weighted by Crippen LogP contribution is -2.47. The fourth-order valence-electron chi connectivity index (χ4n) is 2.95. The smallest absolute Gasteiger partial charge is 0.269 e. The molecule has 0 radical (unpaired) electrons. The summed E-state index contributed by atoms with van der Waals surface area (Å²) >= 11 is 0. The molecule has 4 heteroatoms. The van der Waals surface area contributed by atoms with Crippen molar-refractivity contribution in [3.63, 3.8) is 0 Å². The monoisotopic (exact) mass is 346 g/mol. The number of hydrazine groups is 1. The SMILES string of the molecule is CCCCCCCCC(C(=O)NNC(=O)c1ccccc1)C(C)(C)C. The molecule has 140 valence electrons. The molecule has 0 fully saturated rings. The van der Waals surface area contributed by atoms with Crippen LogP contribution in [-0.4, -0.2) is 11.8 Å². The van der Waals surface area contributed by atoms with Crippen LogP contribution in [0.25, 0.3) is 0 Å². The Balaban J connectivity index is 2.46. The van der Waals surface area contributed by atoms with E-state index in [1.807, 2.05) is 6.07 Å². The second-order valence-corrected chi connectivity index (χ2v) is 7.78. The van der Waals surface area contributed by atoms with Gasteiger partial charge in [-0.3, -0.25) is 20.4 Å².